The average molecular weight is 389 g/mol. The van der Waals surface area contributed by atoms with E-state index >= 15 is 0 Å². The van der Waals surface area contributed by atoms with Crippen LogP contribution in [0.2, 0.25) is 0 Å². The zero-order valence-corrected chi connectivity index (χ0v) is 15.8. The summed E-state index contributed by atoms with van der Waals surface area (Å²) in [7, 11) is -3.44. The van der Waals surface area contributed by atoms with Crippen molar-refractivity contribution in [2.45, 2.75) is 57.3 Å². The SMILES string of the molecule is CC(C)OCP1(=O)OC[C@H]2O[C@@H](Cn3ccc(=O)[nH]c3=O)[C@](C)(N)[C@@H]2O1. The summed E-state index contributed by atoms with van der Waals surface area (Å²) in [6.45, 7) is 5.54. The minimum atomic E-state index is -3.44. The van der Waals surface area contributed by atoms with Crippen LogP contribution in [0.3, 0.4) is 0 Å². The number of fused-ring (bicyclic) bond motifs is 1. The topological polar surface area (TPSA) is 135 Å². The number of nitrogens with zero attached hydrogens (tertiary/aromatic N) is 1. The predicted octanol–water partition coefficient (Wildman–Crippen LogP) is 0.0124. The first kappa shape index (κ1) is 19.5. The van der Waals surface area contributed by atoms with E-state index in [4.69, 9.17) is 24.3 Å². The first-order valence-electron chi connectivity index (χ1n) is 8.38. The van der Waals surface area contributed by atoms with E-state index in [0.717, 1.165) is 0 Å². The minimum absolute atomic E-state index is 0.0627. The number of H-pyrrole nitrogens is 1. The highest BCUT2D eigenvalue weighted by Crippen LogP contribution is 2.56. The second kappa shape index (κ2) is 7.03. The fourth-order valence-corrected chi connectivity index (χ4v) is 4.79. The van der Waals surface area contributed by atoms with Gasteiger partial charge >= 0.3 is 13.3 Å². The molecule has 26 heavy (non-hydrogen) atoms. The molecule has 146 valence electrons. The van der Waals surface area contributed by atoms with E-state index < -0.39 is 42.7 Å². The van der Waals surface area contributed by atoms with Crippen LogP contribution in [0.4, 0.5) is 0 Å². The third-order valence-corrected chi connectivity index (χ3v) is 6.07. The molecule has 3 N–H and O–H groups in total. The zero-order chi connectivity index (χ0) is 19.1. The summed E-state index contributed by atoms with van der Waals surface area (Å²) in [5.74, 6) is 0. The summed E-state index contributed by atoms with van der Waals surface area (Å²) in [6.07, 6.45) is -0.664. The van der Waals surface area contributed by atoms with Crippen LogP contribution < -0.4 is 17.0 Å². The molecule has 1 unspecified atom stereocenters. The van der Waals surface area contributed by atoms with Gasteiger partial charge in [0.25, 0.3) is 5.56 Å². The molecule has 3 rings (SSSR count). The third kappa shape index (κ3) is 3.85. The standard InChI is InChI=1S/C15H24N3O7P/c1-9(2)22-8-26(21)23-7-10-13(25-26)15(3,16)11(24-10)6-18-5-4-12(19)17-14(18)20/h4-5,9-11,13H,6-8,16H2,1-3H3,(H,17,19,20)/t10-,11+,13-,15+,26?/m1/s1. The maximum Gasteiger partial charge on any atom is 0.356 e. The normalized spacial score (nSPS) is 37.0. The van der Waals surface area contributed by atoms with Crippen LogP contribution in [-0.4, -0.2) is 52.5 Å². The van der Waals surface area contributed by atoms with Gasteiger partial charge in [-0.2, -0.15) is 0 Å². The zero-order valence-electron chi connectivity index (χ0n) is 14.9. The lowest BCUT2D eigenvalue weighted by Gasteiger charge is -2.36. The summed E-state index contributed by atoms with van der Waals surface area (Å²) < 4.78 is 36.4. The van der Waals surface area contributed by atoms with Gasteiger partial charge in [-0.25, -0.2) is 4.79 Å². The Morgan fingerprint density at radius 2 is 2.23 bits per heavy atom. The lowest BCUT2D eigenvalue weighted by molar-refractivity contribution is -0.0490. The smallest absolute Gasteiger partial charge is 0.356 e. The number of aromatic nitrogens is 2. The number of rotatable bonds is 5. The Morgan fingerprint density at radius 3 is 2.88 bits per heavy atom. The van der Waals surface area contributed by atoms with E-state index in [1.807, 2.05) is 13.8 Å². The Hall–Kier alpha value is -1.29. The van der Waals surface area contributed by atoms with Crippen LogP contribution in [0, 0.1) is 0 Å². The summed E-state index contributed by atoms with van der Waals surface area (Å²) >= 11 is 0. The van der Waals surface area contributed by atoms with E-state index in [1.54, 1.807) is 6.92 Å². The molecule has 0 bridgehead atoms. The molecule has 5 atom stereocenters. The van der Waals surface area contributed by atoms with Crippen LogP contribution in [0.5, 0.6) is 0 Å². The lowest BCUT2D eigenvalue weighted by Crippen LogP contribution is -2.57. The highest BCUT2D eigenvalue weighted by molar-refractivity contribution is 7.53. The second-order valence-electron chi connectivity index (χ2n) is 7.07. The molecule has 3 heterocycles. The average Bonchev–Trinajstić information content (AvgIpc) is 2.79. The summed E-state index contributed by atoms with van der Waals surface area (Å²) in [5.41, 5.74) is 4.37. The second-order valence-corrected chi connectivity index (χ2v) is 9.02. The molecule has 0 radical (unpaired) electrons. The van der Waals surface area contributed by atoms with Gasteiger partial charge in [-0.15, -0.1) is 0 Å². The number of ether oxygens (including phenoxy) is 2. The molecule has 2 fully saturated rings. The summed E-state index contributed by atoms with van der Waals surface area (Å²) in [4.78, 5) is 25.3. The van der Waals surface area contributed by atoms with Crippen molar-refractivity contribution in [1.82, 2.24) is 9.55 Å². The molecule has 0 amide bonds. The lowest BCUT2D eigenvalue weighted by atomic mass is 9.90. The molecular formula is C15H24N3O7P. The van der Waals surface area contributed by atoms with E-state index in [0.29, 0.717) is 0 Å². The molecule has 2 saturated heterocycles. The predicted molar refractivity (Wildman–Crippen MR) is 92.1 cm³/mol. The molecule has 2 aliphatic heterocycles. The van der Waals surface area contributed by atoms with Gasteiger partial charge in [0, 0.05) is 12.3 Å². The van der Waals surface area contributed by atoms with Crippen molar-refractivity contribution in [1.29, 1.82) is 0 Å². The number of hydrogen-bond acceptors (Lipinski definition) is 8. The molecule has 1 aromatic rings. The Balaban J connectivity index is 1.76. The van der Waals surface area contributed by atoms with Crippen molar-refractivity contribution < 1.29 is 23.1 Å². The largest absolute Gasteiger partial charge is 0.366 e. The minimum Gasteiger partial charge on any atom is -0.366 e. The first-order valence-corrected chi connectivity index (χ1v) is 10.1. The Morgan fingerprint density at radius 1 is 1.50 bits per heavy atom. The van der Waals surface area contributed by atoms with E-state index in [9.17, 15) is 14.2 Å². The van der Waals surface area contributed by atoms with E-state index in [1.165, 1.54) is 16.8 Å². The maximum absolute atomic E-state index is 12.7. The Bertz CT molecular complexity index is 818. The van der Waals surface area contributed by atoms with Crippen LogP contribution >= 0.6 is 7.60 Å². The van der Waals surface area contributed by atoms with Gasteiger partial charge in [-0.3, -0.25) is 23.4 Å². The van der Waals surface area contributed by atoms with Gasteiger partial charge in [0.1, 0.15) is 18.6 Å². The maximum atomic E-state index is 12.7. The van der Waals surface area contributed by atoms with E-state index in [-0.39, 0.29) is 25.6 Å². The number of nitrogens with two attached hydrogens (primary N) is 1. The van der Waals surface area contributed by atoms with Crippen molar-refractivity contribution in [3.63, 3.8) is 0 Å². The highest BCUT2D eigenvalue weighted by Gasteiger charge is 2.57. The molecular weight excluding hydrogens is 365 g/mol. The molecule has 0 aromatic carbocycles. The number of aromatic amines is 1. The van der Waals surface area contributed by atoms with Gasteiger partial charge in [-0.1, -0.05) is 0 Å². The van der Waals surface area contributed by atoms with Crippen LogP contribution in [0.15, 0.2) is 21.9 Å². The van der Waals surface area contributed by atoms with Crippen LogP contribution in [0.25, 0.3) is 0 Å². The van der Waals surface area contributed by atoms with Crippen LogP contribution in [-0.2, 0) is 29.6 Å². The first-order chi connectivity index (χ1) is 12.1. The van der Waals surface area contributed by atoms with Gasteiger partial charge < -0.3 is 19.7 Å². The van der Waals surface area contributed by atoms with Crippen molar-refractivity contribution in [2.75, 3.05) is 13.0 Å². The molecule has 11 heteroatoms. The molecule has 1 aromatic heterocycles. The monoisotopic (exact) mass is 389 g/mol. The fraction of sp³-hybridized carbons (Fsp3) is 0.733. The molecule has 2 aliphatic rings. The summed E-state index contributed by atoms with van der Waals surface area (Å²) in [5, 5.41) is 0. The van der Waals surface area contributed by atoms with Crippen molar-refractivity contribution >= 4 is 7.60 Å². The third-order valence-electron chi connectivity index (χ3n) is 4.52. The van der Waals surface area contributed by atoms with Gasteiger partial charge in [0.05, 0.1) is 30.9 Å². The Kier molecular flexibility index (Phi) is 5.26. The molecule has 0 spiro atoms. The number of hydrogen-bond donors (Lipinski definition) is 2. The van der Waals surface area contributed by atoms with Crippen LogP contribution in [0.1, 0.15) is 20.8 Å². The Labute approximate surface area is 150 Å². The molecule has 0 aliphatic carbocycles. The highest BCUT2D eigenvalue weighted by atomic mass is 31.2. The van der Waals surface area contributed by atoms with Gasteiger partial charge in [0.15, 0.2) is 0 Å². The van der Waals surface area contributed by atoms with Crippen molar-refractivity contribution in [3.8, 4) is 0 Å². The van der Waals surface area contributed by atoms with E-state index in [2.05, 4.69) is 4.98 Å². The fourth-order valence-electron chi connectivity index (χ4n) is 3.03. The summed E-state index contributed by atoms with van der Waals surface area (Å²) in [6, 6.07) is 1.24. The van der Waals surface area contributed by atoms with Gasteiger partial charge in [-0.05, 0) is 20.8 Å². The molecule has 0 saturated carbocycles. The van der Waals surface area contributed by atoms with Crippen molar-refractivity contribution in [2.24, 2.45) is 5.73 Å². The quantitative estimate of drug-likeness (QED) is 0.673. The van der Waals surface area contributed by atoms with Gasteiger partial charge in [0.2, 0.25) is 0 Å². The number of nitrogens with one attached hydrogen (secondary N) is 1. The molecule has 10 nitrogen and oxygen atoms in total. The van der Waals surface area contributed by atoms with Crippen molar-refractivity contribution in [3.05, 3.63) is 33.1 Å².